The number of likely N-dealkylation sites (N-methyl/N-ethyl adjacent to an activating group) is 1. The largest absolute Gasteiger partial charge is 0.418 e. The molecule has 1 aliphatic rings. The van der Waals surface area contributed by atoms with Crippen LogP contribution < -0.4 is 5.32 Å². The van der Waals surface area contributed by atoms with E-state index in [9.17, 15) is 13.2 Å². The Balaban J connectivity index is 1.90. The highest BCUT2D eigenvalue weighted by Gasteiger charge is 2.35. The standard InChI is InChI=1S/C15H18ClF3N6/c1-20-11-3-2-6-24(8-11)9-14-21-22-23-25(14)13-5-4-10(16)7-12(13)15(17,18)19/h4-5,7,11,20H,2-3,6,8-9H2,1H3. The van der Waals surface area contributed by atoms with E-state index in [1.165, 1.54) is 12.1 Å². The number of aromatic nitrogens is 4. The molecule has 6 nitrogen and oxygen atoms in total. The molecule has 0 amide bonds. The number of hydrogen-bond donors (Lipinski definition) is 1. The third-order valence-corrected chi connectivity index (χ3v) is 4.54. The van der Waals surface area contributed by atoms with Gasteiger partial charge in [-0.2, -0.15) is 17.9 Å². The molecule has 136 valence electrons. The molecule has 0 bridgehead atoms. The van der Waals surface area contributed by atoms with E-state index in [1.54, 1.807) is 0 Å². The van der Waals surface area contributed by atoms with Crippen LogP contribution in [0, 0.1) is 0 Å². The van der Waals surface area contributed by atoms with E-state index in [0.29, 0.717) is 18.4 Å². The number of likely N-dealkylation sites (tertiary alicyclic amines) is 1. The number of nitrogens with zero attached hydrogens (tertiary/aromatic N) is 5. The van der Waals surface area contributed by atoms with Gasteiger partial charge in [0.25, 0.3) is 0 Å². The first kappa shape index (κ1) is 18.1. The fourth-order valence-electron chi connectivity index (χ4n) is 3.05. The fraction of sp³-hybridized carbons (Fsp3) is 0.533. The van der Waals surface area contributed by atoms with Crippen LogP contribution in [0.3, 0.4) is 0 Å². The molecule has 1 saturated heterocycles. The summed E-state index contributed by atoms with van der Waals surface area (Å²) < 4.78 is 41.2. The summed E-state index contributed by atoms with van der Waals surface area (Å²) in [5.74, 6) is 0.365. The van der Waals surface area contributed by atoms with Gasteiger partial charge in [-0.05, 0) is 55.1 Å². The summed E-state index contributed by atoms with van der Waals surface area (Å²) in [6, 6.07) is 3.94. The zero-order chi connectivity index (χ0) is 18.0. The molecule has 0 aliphatic carbocycles. The van der Waals surface area contributed by atoms with E-state index in [-0.39, 0.29) is 10.7 Å². The predicted octanol–water partition coefficient (Wildman–Crippen LogP) is 2.52. The van der Waals surface area contributed by atoms with Crippen molar-refractivity contribution in [1.29, 1.82) is 0 Å². The number of alkyl halides is 3. The maximum absolute atomic E-state index is 13.3. The van der Waals surface area contributed by atoms with Crippen molar-refractivity contribution in [3.8, 4) is 5.69 Å². The van der Waals surface area contributed by atoms with Gasteiger partial charge in [0.15, 0.2) is 5.82 Å². The Morgan fingerprint density at radius 2 is 2.16 bits per heavy atom. The van der Waals surface area contributed by atoms with Crippen LogP contribution in [-0.2, 0) is 12.7 Å². The van der Waals surface area contributed by atoms with Crippen molar-refractivity contribution in [1.82, 2.24) is 30.4 Å². The van der Waals surface area contributed by atoms with Crippen molar-refractivity contribution in [3.63, 3.8) is 0 Å². The minimum atomic E-state index is -4.55. The Morgan fingerprint density at radius 3 is 2.88 bits per heavy atom. The minimum absolute atomic E-state index is 0.0126. The highest BCUT2D eigenvalue weighted by Crippen LogP contribution is 2.35. The zero-order valence-electron chi connectivity index (χ0n) is 13.6. The second kappa shape index (κ2) is 7.27. The lowest BCUT2D eigenvalue weighted by atomic mass is 10.1. The molecule has 1 aromatic carbocycles. The van der Waals surface area contributed by atoms with Gasteiger partial charge in [-0.15, -0.1) is 5.10 Å². The number of piperidine rings is 1. The molecule has 2 aromatic rings. The summed E-state index contributed by atoms with van der Waals surface area (Å²) in [4.78, 5) is 2.13. The van der Waals surface area contributed by atoms with E-state index in [1.807, 2.05) is 7.05 Å². The van der Waals surface area contributed by atoms with Crippen molar-refractivity contribution in [2.45, 2.75) is 31.6 Å². The van der Waals surface area contributed by atoms with Crippen LogP contribution in [0.2, 0.25) is 5.02 Å². The second-order valence-electron chi connectivity index (χ2n) is 6.03. The molecular formula is C15H18ClF3N6. The van der Waals surface area contributed by atoms with Crippen LogP contribution in [0.5, 0.6) is 0 Å². The van der Waals surface area contributed by atoms with Crippen molar-refractivity contribution in [3.05, 3.63) is 34.6 Å². The highest BCUT2D eigenvalue weighted by molar-refractivity contribution is 6.30. The molecule has 1 fully saturated rings. The van der Waals surface area contributed by atoms with E-state index in [4.69, 9.17) is 11.6 Å². The van der Waals surface area contributed by atoms with Gasteiger partial charge in [-0.1, -0.05) is 11.6 Å². The van der Waals surface area contributed by atoms with Gasteiger partial charge in [0.2, 0.25) is 0 Å². The van der Waals surface area contributed by atoms with Gasteiger partial charge in [0, 0.05) is 17.6 Å². The quantitative estimate of drug-likeness (QED) is 0.891. The summed E-state index contributed by atoms with van der Waals surface area (Å²) in [7, 11) is 1.90. The lowest BCUT2D eigenvalue weighted by Gasteiger charge is -2.32. The molecule has 1 aromatic heterocycles. The van der Waals surface area contributed by atoms with Gasteiger partial charge in [0.05, 0.1) is 17.8 Å². The number of nitrogens with one attached hydrogen (secondary N) is 1. The van der Waals surface area contributed by atoms with E-state index >= 15 is 0 Å². The van der Waals surface area contributed by atoms with E-state index < -0.39 is 11.7 Å². The Labute approximate surface area is 147 Å². The third kappa shape index (κ3) is 4.10. The average molecular weight is 375 g/mol. The second-order valence-corrected chi connectivity index (χ2v) is 6.47. The molecular weight excluding hydrogens is 357 g/mol. The molecule has 0 spiro atoms. The zero-order valence-corrected chi connectivity index (χ0v) is 14.3. The molecule has 2 heterocycles. The SMILES string of the molecule is CNC1CCCN(Cc2nnnn2-c2ccc(Cl)cc2C(F)(F)F)C1. The van der Waals surface area contributed by atoms with Crippen molar-refractivity contribution >= 4 is 11.6 Å². The molecule has 10 heteroatoms. The van der Waals surface area contributed by atoms with Gasteiger partial charge < -0.3 is 5.32 Å². The average Bonchev–Trinajstić information content (AvgIpc) is 3.02. The Morgan fingerprint density at radius 1 is 1.36 bits per heavy atom. The van der Waals surface area contributed by atoms with Crippen LogP contribution >= 0.6 is 11.6 Å². The molecule has 25 heavy (non-hydrogen) atoms. The van der Waals surface area contributed by atoms with Gasteiger partial charge in [0.1, 0.15) is 0 Å². The summed E-state index contributed by atoms with van der Waals surface area (Å²) in [6.07, 6.45) is -2.46. The van der Waals surface area contributed by atoms with Crippen LogP contribution in [0.15, 0.2) is 18.2 Å². The number of tetrazole rings is 1. The number of halogens is 4. The van der Waals surface area contributed by atoms with Gasteiger partial charge in [-0.3, -0.25) is 4.90 Å². The van der Waals surface area contributed by atoms with E-state index in [0.717, 1.165) is 36.7 Å². The Kier molecular flexibility index (Phi) is 5.26. The summed E-state index contributed by atoms with van der Waals surface area (Å²) in [5, 5.41) is 14.5. The lowest BCUT2D eigenvalue weighted by Crippen LogP contribution is -2.44. The topological polar surface area (TPSA) is 58.9 Å². The Hall–Kier alpha value is -1.71. The van der Waals surface area contributed by atoms with Crippen LogP contribution in [0.25, 0.3) is 5.69 Å². The molecule has 1 aliphatic heterocycles. The van der Waals surface area contributed by atoms with Gasteiger partial charge >= 0.3 is 6.18 Å². The fourth-order valence-corrected chi connectivity index (χ4v) is 3.22. The Bertz CT molecular complexity index is 732. The molecule has 3 rings (SSSR count). The number of hydrogen-bond acceptors (Lipinski definition) is 5. The maximum atomic E-state index is 13.3. The third-order valence-electron chi connectivity index (χ3n) is 4.31. The van der Waals surface area contributed by atoms with Crippen LogP contribution in [-0.4, -0.2) is 51.3 Å². The molecule has 1 atom stereocenters. The number of rotatable bonds is 4. The minimum Gasteiger partial charge on any atom is -0.316 e. The normalized spacial score (nSPS) is 19.3. The molecule has 1 N–H and O–H groups in total. The summed E-state index contributed by atoms with van der Waals surface area (Å²) in [5.41, 5.74) is -0.987. The molecule has 0 radical (unpaired) electrons. The van der Waals surface area contributed by atoms with Crippen LogP contribution in [0.1, 0.15) is 24.2 Å². The summed E-state index contributed by atoms with van der Waals surface area (Å²) in [6.45, 7) is 2.04. The van der Waals surface area contributed by atoms with Crippen molar-refractivity contribution in [2.75, 3.05) is 20.1 Å². The molecule has 1 unspecified atom stereocenters. The smallest absolute Gasteiger partial charge is 0.316 e. The van der Waals surface area contributed by atoms with E-state index in [2.05, 4.69) is 25.7 Å². The molecule has 0 saturated carbocycles. The lowest BCUT2D eigenvalue weighted by molar-refractivity contribution is -0.137. The first-order valence-electron chi connectivity index (χ1n) is 7.92. The van der Waals surface area contributed by atoms with Crippen molar-refractivity contribution < 1.29 is 13.2 Å². The summed E-state index contributed by atoms with van der Waals surface area (Å²) >= 11 is 5.74. The highest BCUT2D eigenvalue weighted by atomic mass is 35.5. The van der Waals surface area contributed by atoms with Crippen molar-refractivity contribution in [2.24, 2.45) is 0 Å². The first-order chi connectivity index (χ1) is 11.9. The maximum Gasteiger partial charge on any atom is 0.418 e. The monoisotopic (exact) mass is 374 g/mol. The number of benzene rings is 1. The first-order valence-corrected chi connectivity index (χ1v) is 8.30. The predicted molar refractivity (Wildman–Crippen MR) is 86.5 cm³/mol. The van der Waals surface area contributed by atoms with Gasteiger partial charge in [-0.25, -0.2) is 0 Å². The van der Waals surface area contributed by atoms with Crippen LogP contribution in [0.4, 0.5) is 13.2 Å².